The van der Waals surface area contributed by atoms with Gasteiger partial charge in [0.1, 0.15) is 0 Å². The van der Waals surface area contributed by atoms with Crippen molar-refractivity contribution < 1.29 is 4.79 Å². The van der Waals surface area contributed by atoms with Crippen molar-refractivity contribution in [2.75, 3.05) is 20.1 Å². The highest BCUT2D eigenvalue weighted by atomic mass is 16.1. The van der Waals surface area contributed by atoms with Crippen LogP contribution < -0.4 is 10.6 Å². The Balaban J connectivity index is 3.39. The second kappa shape index (κ2) is 5.75. The molecule has 11 heavy (non-hydrogen) atoms. The van der Waals surface area contributed by atoms with E-state index in [9.17, 15) is 4.79 Å². The molecule has 0 aromatic rings. The summed E-state index contributed by atoms with van der Waals surface area (Å²) < 4.78 is 0. The van der Waals surface area contributed by atoms with Crippen molar-refractivity contribution in [1.82, 2.24) is 10.6 Å². The second-order valence-corrected chi connectivity index (χ2v) is 2.52. The summed E-state index contributed by atoms with van der Waals surface area (Å²) in [7, 11) is 1.87. The van der Waals surface area contributed by atoms with Crippen LogP contribution in [0.1, 0.15) is 6.92 Å². The quantitative estimate of drug-likeness (QED) is 0.540. The van der Waals surface area contributed by atoms with Gasteiger partial charge < -0.3 is 10.6 Å². The molecular formula is C8H14N2O. The highest BCUT2D eigenvalue weighted by molar-refractivity contribution is 5.92. The molecule has 0 aromatic heterocycles. The Labute approximate surface area is 67.6 Å². The first-order chi connectivity index (χ1) is 5.20. The molecule has 0 aromatic carbocycles. The minimum absolute atomic E-state index is 0.340. The van der Waals surface area contributed by atoms with Gasteiger partial charge in [0, 0.05) is 6.54 Å². The largest absolute Gasteiger partial charge is 0.345 e. The van der Waals surface area contributed by atoms with Crippen LogP contribution in [-0.2, 0) is 4.79 Å². The molecule has 62 valence electrons. The Bertz CT molecular complexity index is 160. The molecule has 1 atom stereocenters. The first-order valence-electron chi connectivity index (χ1n) is 3.59. The molecule has 0 radical (unpaired) electrons. The topological polar surface area (TPSA) is 41.1 Å². The number of carbonyl (C=O) groups excluding carboxylic acids is 1. The zero-order valence-corrected chi connectivity index (χ0v) is 6.98. The predicted octanol–water partition coefficient (Wildman–Crippen LogP) is -0.409. The van der Waals surface area contributed by atoms with Crippen LogP contribution >= 0.6 is 0 Å². The summed E-state index contributed by atoms with van der Waals surface area (Å²) in [5.74, 6) is 2.07. The van der Waals surface area contributed by atoms with Crippen molar-refractivity contribution in [3.63, 3.8) is 0 Å². The third-order valence-corrected chi connectivity index (χ3v) is 1.29. The lowest BCUT2D eigenvalue weighted by Gasteiger charge is -2.09. The smallest absolute Gasteiger partial charge is 0.295 e. The maximum atomic E-state index is 10.6. The minimum Gasteiger partial charge on any atom is -0.345 e. The summed E-state index contributed by atoms with van der Waals surface area (Å²) in [5.41, 5.74) is 0. The Morgan fingerprint density at radius 1 is 1.64 bits per heavy atom. The van der Waals surface area contributed by atoms with Gasteiger partial charge in [-0.1, -0.05) is 6.92 Å². The van der Waals surface area contributed by atoms with Gasteiger partial charge in [0.05, 0.1) is 0 Å². The second-order valence-electron chi connectivity index (χ2n) is 2.52. The molecule has 0 spiro atoms. The van der Waals surface area contributed by atoms with E-state index in [1.54, 1.807) is 0 Å². The van der Waals surface area contributed by atoms with Crippen LogP contribution in [0.2, 0.25) is 0 Å². The SMILES string of the molecule is C#CC(=O)NCC(C)CNC. The molecule has 0 aliphatic rings. The van der Waals surface area contributed by atoms with E-state index in [2.05, 4.69) is 10.6 Å². The van der Waals surface area contributed by atoms with Gasteiger partial charge in [-0.05, 0) is 25.4 Å². The van der Waals surface area contributed by atoms with Crippen molar-refractivity contribution >= 4 is 5.91 Å². The molecule has 0 fully saturated rings. The van der Waals surface area contributed by atoms with E-state index in [0.29, 0.717) is 12.5 Å². The number of terminal acetylenes is 1. The number of rotatable bonds is 4. The average molecular weight is 154 g/mol. The van der Waals surface area contributed by atoms with Crippen LogP contribution in [0.3, 0.4) is 0 Å². The van der Waals surface area contributed by atoms with Crippen LogP contribution in [0.4, 0.5) is 0 Å². The van der Waals surface area contributed by atoms with Crippen molar-refractivity contribution in [1.29, 1.82) is 0 Å². The third kappa shape index (κ3) is 5.43. The maximum absolute atomic E-state index is 10.6. The van der Waals surface area contributed by atoms with Gasteiger partial charge in [0.25, 0.3) is 5.91 Å². The van der Waals surface area contributed by atoms with Gasteiger partial charge in [-0.15, -0.1) is 6.42 Å². The highest BCUT2D eigenvalue weighted by Gasteiger charge is 2.00. The molecule has 0 bridgehead atoms. The van der Waals surface area contributed by atoms with Crippen molar-refractivity contribution in [2.45, 2.75) is 6.92 Å². The molecular weight excluding hydrogens is 140 g/mol. The number of hydrogen-bond acceptors (Lipinski definition) is 2. The fourth-order valence-corrected chi connectivity index (χ4v) is 0.739. The van der Waals surface area contributed by atoms with Gasteiger partial charge in [-0.25, -0.2) is 0 Å². The van der Waals surface area contributed by atoms with E-state index >= 15 is 0 Å². The summed E-state index contributed by atoms with van der Waals surface area (Å²) in [6.07, 6.45) is 4.85. The summed E-state index contributed by atoms with van der Waals surface area (Å²) in [4.78, 5) is 10.6. The van der Waals surface area contributed by atoms with E-state index in [0.717, 1.165) is 6.54 Å². The van der Waals surface area contributed by atoms with Gasteiger partial charge >= 0.3 is 0 Å². The van der Waals surface area contributed by atoms with Crippen molar-refractivity contribution in [2.24, 2.45) is 5.92 Å². The Morgan fingerprint density at radius 2 is 2.27 bits per heavy atom. The number of amides is 1. The molecule has 3 nitrogen and oxygen atoms in total. The van der Waals surface area contributed by atoms with Gasteiger partial charge in [-0.3, -0.25) is 4.79 Å². The van der Waals surface area contributed by atoms with Crippen LogP contribution in [0.25, 0.3) is 0 Å². The summed E-state index contributed by atoms with van der Waals surface area (Å²) >= 11 is 0. The Morgan fingerprint density at radius 3 is 2.73 bits per heavy atom. The van der Waals surface area contributed by atoms with E-state index in [-0.39, 0.29) is 5.91 Å². The molecule has 0 heterocycles. The molecule has 0 saturated heterocycles. The van der Waals surface area contributed by atoms with E-state index in [4.69, 9.17) is 6.42 Å². The van der Waals surface area contributed by atoms with Crippen LogP contribution in [-0.4, -0.2) is 26.0 Å². The standard InChI is InChI=1S/C8H14N2O/c1-4-8(11)10-6-7(2)5-9-3/h1,7,9H,5-6H2,2-3H3,(H,10,11). The summed E-state index contributed by atoms with van der Waals surface area (Å²) in [6.45, 7) is 3.54. The highest BCUT2D eigenvalue weighted by Crippen LogP contribution is 1.87. The maximum Gasteiger partial charge on any atom is 0.295 e. The van der Waals surface area contributed by atoms with E-state index < -0.39 is 0 Å². The van der Waals surface area contributed by atoms with E-state index in [1.807, 2.05) is 19.9 Å². The first kappa shape index (κ1) is 9.99. The molecule has 0 aliphatic carbocycles. The fourth-order valence-electron chi connectivity index (χ4n) is 0.739. The fraction of sp³-hybridized carbons (Fsp3) is 0.625. The lowest BCUT2D eigenvalue weighted by Crippen LogP contribution is -2.31. The predicted molar refractivity (Wildman–Crippen MR) is 44.9 cm³/mol. The molecule has 1 unspecified atom stereocenters. The van der Waals surface area contributed by atoms with Gasteiger partial charge in [0.2, 0.25) is 0 Å². The normalized spacial score (nSPS) is 11.7. The Hall–Kier alpha value is -1.01. The average Bonchev–Trinajstić information content (AvgIpc) is 2.01. The Kier molecular flexibility index (Phi) is 5.22. The lowest BCUT2D eigenvalue weighted by atomic mass is 10.2. The van der Waals surface area contributed by atoms with Gasteiger partial charge in [-0.2, -0.15) is 0 Å². The van der Waals surface area contributed by atoms with Crippen molar-refractivity contribution in [3.05, 3.63) is 0 Å². The first-order valence-corrected chi connectivity index (χ1v) is 3.59. The van der Waals surface area contributed by atoms with Crippen LogP contribution in [0.15, 0.2) is 0 Å². The van der Waals surface area contributed by atoms with E-state index in [1.165, 1.54) is 0 Å². The number of hydrogen-bond donors (Lipinski definition) is 2. The molecule has 3 heteroatoms. The van der Waals surface area contributed by atoms with Crippen LogP contribution in [0, 0.1) is 18.3 Å². The molecule has 0 rings (SSSR count). The summed E-state index contributed by atoms with van der Waals surface area (Å²) in [6, 6.07) is 0. The van der Waals surface area contributed by atoms with Crippen LogP contribution in [0.5, 0.6) is 0 Å². The number of carbonyl (C=O) groups is 1. The zero-order valence-electron chi connectivity index (χ0n) is 6.98. The third-order valence-electron chi connectivity index (χ3n) is 1.29. The number of nitrogens with one attached hydrogen (secondary N) is 2. The molecule has 0 aliphatic heterocycles. The molecule has 1 amide bonds. The molecule has 2 N–H and O–H groups in total. The van der Waals surface area contributed by atoms with Gasteiger partial charge in [0.15, 0.2) is 0 Å². The lowest BCUT2D eigenvalue weighted by molar-refractivity contribution is -0.115. The summed E-state index contributed by atoms with van der Waals surface area (Å²) in [5, 5.41) is 5.61. The monoisotopic (exact) mass is 154 g/mol. The minimum atomic E-state index is -0.340. The van der Waals surface area contributed by atoms with Crippen molar-refractivity contribution in [3.8, 4) is 12.3 Å². The zero-order chi connectivity index (χ0) is 8.69. The molecule has 0 saturated carbocycles.